The van der Waals surface area contributed by atoms with Crippen LogP contribution in [0.25, 0.3) is 0 Å². The van der Waals surface area contributed by atoms with Gasteiger partial charge in [0.25, 0.3) is 11.6 Å². The third kappa shape index (κ3) is 3.13. The number of nitro groups is 1. The highest BCUT2D eigenvalue weighted by Crippen LogP contribution is 2.26. The average Bonchev–Trinajstić information content (AvgIpc) is 2.87. The van der Waals surface area contributed by atoms with Gasteiger partial charge in [0.15, 0.2) is 0 Å². The maximum atomic E-state index is 12.3. The van der Waals surface area contributed by atoms with E-state index < -0.39 is 34.5 Å². The topological polar surface area (TPSA) is 114 Å². The number of para-hydroxylation sites is 1. The number of H-pyrrole nitrogens is 1. The van der Waals surface area contributed by atoms with Crippen LogP contribution in [0.4, 0.5) is 24.8 Å². The number of rotatable bonds is 3. The molecular weight excluding hydrogens is 295 g/mol. The molecule has 0 saturated carbocycles. The Balaban J connectivity index is 2.23. The molecule has 1 aromatic carbocycles. The van der Waals surface area contributed by atoms with Crippen molar-refractivity contribution in [2.75, 3.05) is 5.32 Å². The van der Waals surface area contributed by atoms with E-state index in [1.54, 1.807) is 5.10 Å². The van der Waals surface area contributed by atoms with E-state index in [2.05, 4.69) is 10.1 Å². The van der Waals surface area contributed by atoms with Gasteiger partial charge in [0, 0.05) is 6.07 Å². The van der Waals surface area contributed by atoms with Crippen LogP contribution in [0.15, 0.2) is 24.3 Å². The number of hydrogen-bond acceptors (Lipinski definition) is 5. The normalized spacial score (nSPS) is 11.2. The van der Waals surface area contributed by atoms with Crippen LogP contribution in [0, 0.1) is 10.1 Å². The van der Waals surface area contributed by atoms with Gasteiger partial charge in [-0.1, -0.05) is 12.1 Å². The van der Waals surface area contributed by atoms with E-state index in [9.17, 15) is 28.1 Å². The van der Waals surface area contributed by atoms with Crippen LogP contribution in [0.1, 0.15) is 16.2 Å². The Hall–Kier alpha value is -2.98. The number of carbonyl (C=O) groups excluding carboxylic acids is 1. The third-order valence-electron chi connectivity index (χ3n) is 2.32. The first-order valence-corrected chi connectivity index (χ1v) is 5.33. The van der Waals surface area contributed by atoms with Gasteiger partial charge >= 0.3 is 6.18 Å². The molecule has 1 amide bonds. The second-order valence-corrected chi connectivity index (χ2v) is 3.73. The summed E-state index contributed by atoms with van der Waals surface area (Å²) >= 11 is 0. The lowest BCUT2D eigenvalue weighted by Gasteiger charge is -2.02. The summed E-state index contributed by atoms with van der Waals surface area (Å²) in [7, 11) is 0. The van der Waals surface area contributed by atoms with E-state index in [0.29, 0.717) is 0 Å². The van der Waals surface area contributed by atoms with E-state index in [1.807, 2.05) is 5.32 Å². The number of nitrogens with zero attached hydrogens (tertiary/aromatic N) is 3. The summed E-state index contributed by atoms with van der Waals surface area (Å²) in [5.74, 6) is -3.01. The molecular formula is C10H6F3N5O3. The van der Waals surface area contributed by atoms with Crippen molar-refractivity contribution in [3.05, 3.63) is 45.8 Å². The highest BCUT2D eigenvalue weighted by atomic mass is 19.4. The largest absolute Gasteiger partial charge is 0.451 e. The smallest absolute Gasteiger partial charge is 0.289 e. The van der Waals surface area contributed by atoms with Crippen molar-refractivity contribution in [3.63, 3.8) is 0 Å². The lowest BCUT2D eigenvalue weighted by Crippen LogP contribution is -2.15. The average molecular weight is 301 g/mol. The van der Waals surface area contributed by atoms with Gasteiger partial charge < -0.3 is 0 Å². The molecule has 110 valence electrons. The van der Waals surface area contributed by atoms with Crippen molar-refractivity contribution in [3.8, 4) is 0 Å². The predicted octanol–water partition coefficient (Wildman–Crippen LogP) is 1.98. The number of alkyl halides is 3. The van der Waals surface area contributed by atoms with Crippen LogP contribution < -0.4 is 5.32 Å². The van der Waals surface area contributed by atoms with Crippen LogP contribution in [0.2, 0.25) is 0 Å². The Morgan fingerprint density at radius 3 is 2.57 bits per heavy atom. The fourth-order valence-corrected chi connectivity index (χ4v) is 1.44. The molecule has 2 N–H and O–H groups in total. The zero-order chi connectivity index (χ0) is 15.6. The highest BCUT2D eigenvalue weighted by molar-refractivity contribution is 6.06. The first-order chi connectivity index (χ1) is 9.79. The van der Waals surface area contributed by atoms with Gasteiger partial charge in [0.2, 0.25) is 11.8 Å². The molecule has 0 unspecified atom stereocenters. The molecule has 2 aromatic rings. The molecule has 0 radical (unpaired) electrons. The second kappa shape index (κ2) is 5.19. The fraction of sp³-hybridized carbons (Fsp3) is 0.100. The third-order valence-corrected chi connectivity index (χ3v) is 2.32. The highest BCUT2D eigenvalue weighted by Gasteiger charge is 2.35. The first kappa shape index (κ1) is 14.4. The van der Waals surface area contributed by atoms with Crippen molar-refractivity contribution in [2.45, 2.75) is 6.18 Å². The molecule has 21 heavy (non-hydrogen) atoms. The van der Waals surface area contributed by atoms with Crippen molar-refractivity contribution in [2.24, 2.45) is 0 Å². The van der Waals surface area contributed by atoms with Crippen molar-refractivity contribution in [1.29, 1.82) is 0 Å². The van der Waals surface area contributed by atoms with E-state index in [4.69, 9.17) is 0 Å². The number of anilines is 1. The minimum Gasteiger partial charge on any atom is -0.289 e. The van der Waals surface area contributed by atoms with E-state index in [0.717, 1.165) is 12.1 Å². The maximum absolute atomic E-state index is 12.3. The molecule has 8 nitrogen and oxygen atoms in total. The minimum atomic E-state index is -4.74. The summed E-state index contributed by atoms with van der Waals surface area (Å²) < 4.78 is 36.9. The quantitative estimate of drug-likeness (QED) is 0.664. The Labute approximate surface area is 114 Å². The number of hydrogen-bond donors (Lipinski definition) is 2. The van der Waals surface area contributed by atoms with Gasteiger partial charge in [-0.15, -0.1) is 5.10 Å². The number of carbonyl (C=O) groups is 1. The predicted molar refractivity (Wildman–Crippen MR) is 62.4 cm³/mol. The van der Waals surface area contributed by atoms with Gasteiger partial charge in [0.05, 0.1) is 4.92 Å². The number of aromatic amines is 1. The molecule has 0 aliphatic carbocycles. The summed E-state index contributed by atoms with van der Waals surface area (Å²) in [6, 6.07) is 4.98. The van der Waals surface area contributed by atoms with Crippen LogP contribution >= 0.6 is 0 Å². The Kier molecular flexibility index (Phi) is 3.56. The lowest BCUT2D eigenvalue weighted by atomic mass is 10.1. The fourth-order valence-electron chi connectivity index (χ4n) is 1.44. The number of amides is 1. The lowest BCUT2D eigenvalue weighted by molar-refractivity contribution is -0.385. The molecule has 0 aliphatic rings. The zero-order valence-electron chi connectivity index (χ0n) is 10.0. The van der Waals surface area contributed by atoms with Crippen molar-refractivity contribution in [1.82, 2.24) is 15.2 Å². The molecule has 1 aromatic heterocycles. The molecule has 2 rings (SSSR count). The number of benzene rings is 1. The summed E-state index contributed by atoms with van der Waals surface area (Å²) in [6.45, 7) is 0. The van der Waals surface area contributed by atoms with Gasteiger partial charge in [-0.05, 0) is 6.07 Å². The van der Waals surface area contributed by atoms with E-state index in [-0.39, 0.29) is 5.56 Å². The number of nitrogens with one attached hydrogen (secondary N) is 2. The summed E-state index contributed by atoms with van der Waals surface area (Å²) in [4.78, 5) is 24.8. The van der Waals surface area contributed by atoms with Gasteiger partial charge in [-0.3, -0.25) is 25.3 Å². The Morgan fingerprint density at radius 1 is 1.33 bits per heavy atom. The van der Waals surface area contributed by atoms with E-state index in [1.165, 1.54) is 12.1 Å². The molecule has 0 spiro atoms. The minimum absolute atomic E-state index is 0.319. The maximum Gasteiger partial charge on any atom is 0.451 e. The molecule has 0 fully saturated rings. The molecule has 0 saturated heterocycles. The zero-order valence-corrected chi connectivity index (χ0v) is 10.0. The second-order valence-electron chi connectivity index (χ2n) is 3.73. The molecule has 11 heteroatoms. The van der Waals surface area contributed by atoms with Crippen molar-refractivity contribution >= 4 is 17.5 Å². The van der Waals surface area contributed by atoms with Gasteiger partial charge in [-0.25, -0.2) is 0 Å². The van der Waals surface area contributed by atoms with Gasteiger partial charge in [0.1, 0.15) is 5.56 Å². The molecule has 0 aliphatic heterocycles. The molecule has 0 atom stereocenters. The van der Waals surface area contributed by atoms with Crippen molar-refractivity contribution < 1.29 is 22.9 Å². The molecule has 1 heterocycles. The van der Waals surface area contributed by atoms with Gasteiger partial charge in [-0.2, -0.15) is 18.2 Å². The van der Waals surface area contributed by atoms with Crippen LogP contribution in [-0.2, 0) is 6.18 Å². The van der Waals surface area contributed by atoms with Crippen LogP contribution in [0.5, 0.6) is 0 Å². The summed E-state index contributed by atoms with van der Waals surface area (Å²) in [5, 5.41) is 17.5. The standard InChI is InChI=1S/C10H6F3N5O3/c11-10(12,13)8-15-9(17-16-8)14-7(19)5-3-1-2-4-6(5)18(20)21/h1-4H,(H2,14,15,16,17,19). The number of aromatic nitrogens is 3. The Morgan fingerprint density at radius 2 is 2.00 bits per heavy atom. The monoisotopic (exact) mass is 301 g/mol. The first-order valence-electron chi connectivity index (χ1n) is 5.33. The molecule has 0 bridgehead atoms. The number of nitro benzene ring substituents is 1. The van der Waals surface area contributed by atoms with Crippen LogP contribution in [-0.4, -0.2) is 26.0 Å². The number of halogens is 3. The SMILES string of the molecule is O=C(Nc1n[nH]c(C(F)(F)F)n1)c1ccccc1[N+](=O)[O-]. The summed E-state index contributed by atoms with van der Waals surface area (Å²) in [6.07, 6.45) is -4.74. The Bertz CT molecular complexity index is 697. The van der Waals surface area contributed by atoms with E-state index >= 15 is 0 Å². The van der Waals surface area contributed by atoms with Crippen LogP contribution in [0.3, 0.4) is 0 Å². The summed E-state index contributed by atoms with van der Waals surface area (Å²) in [5.41, 5.74) is -0.803.